The van der Waals surface area contributed by atoms with Gasteiger partial charge in [0.05, 0.1) is 0 Å². The number of nitrogens with two attached hydrogens (primary N) is 1. The summed E-state index contributed by atoms with van der Waals surface area (Å²) in [6, 6.07) is 10.9. The van der Waals surface area contributed by atoms with Crippen molar-refractivity contribution in [3.63, 3.8) is 0 Å². The minimum absolute atomic E-state index is 0.221. The lowest BCUT2D eigenvalue weighted by molar-refractivity contribution is 0.283. The van der Waals surface area contributed by atoms with Crippen LogP contribution in [0.5, 0.6) is 0 Å². The predicted octanol–water partition coefficient (Wildman–Crippen LogP) is 2.17. The number of hydrogen-bond acceptors (Lipinski definition) is 2. The highest BCUT2D eigenvalue weighted by Gasteiger charge is 2.13. The highest BCUT2D eigenvalue weighted by molar-refractivity contribution is 5.17. The van der Waals surface area contributed by atoms with E-state index in [1.807, 2.05) is 0 Å². The number of hydrogen-bond donors (Lipinski definition) is 1. The van der Waals surface area contributed by atoms with E-state index in [9.17, 15) is 0 Å². The van der Waals surface area contributed by atoms with Gasteiger partial charge in [-0.05, 0) is 18.9 Å². The molecule has 1 unspecified atom stereocenters. The zero-order valence-corrected chi connectivity index (χ0v) is 9.89. The zero-order chi connectivity index (χ0) is 11.4. The molecule has 0 bridgehead atoms. The Hall–Kier alpha value is -1.12. The van der Waals surface area contributed by atoms with Gasteiger partial charge in [0, 0.05) is 25.7 Å². The van der Waals surface area contributed by atoms with E-state index in [1.165, 1.54) is 11.1 Å². The van der Waals surface area contributed by atoms with Crippen LogP contribution in [0, 0.1) is 0 Å². The Kier molecular flexibility index (Phi) is 3.75. The Balaban J connectivity index is 1.91. The standard InChI is InChI=1S/C14H20N2/c1-12(15)14-7-9-16(10-8-14)11-13-5-3-2-4-6-13/h2-7,12H,8-11,15H2,1H3. The fourth-order valence-electron chi connectivity index (χ4n) is 2.13. The van der Waals surface area contributed by atoms with Gasteiger partial charge < -0.3 is 5.73 Å². The molecule has 86 valence electrons. The third kappa shape index (κ3) is 2.94. The summed E-state index contributed by atoms with van der Waals surface area (Å²) < 4.78 is 0. The third-order valence-electron chi connectivity index (χ3n) is 3.16. The molecule has 2 rings (SSSR count). The first kappa shape index (κ1) is 11.4. The normalized spacial score (nSPS) is 19.2. The minimum Gasteiger partial charge on any atom is -0.324 e. The van der Waals surface area contributed by atoms with E-state index in [1.54, 1.807) is 0 Å². The second-order valence-corrected chi connectivity index (χ2v) is 4.54. The summed E-state index contributed by atoms with van der Waals surface area (Å²) in [6.45, 7) is 5.27. The Morgan fingerprint density at radius 1 is 1.31 bits per heavy atom. The molecule has 0 spiro atoms. The molecule has 1 heterocycles. The van der Waals surface area contributed by atoms with E-state index in [0.29, 0.717) is 0 Å². The molecule has 1 aliphatic rings. The van der Waals surface area contributed by atoms with Crippen LogP contribution in [0.15, 0.2) is 42.0 Å². The summed E-state index contributed by atoms with van der Waals surface area (Å²) in [5, 5.41) is 0. The van der Waals surface area contributed by atoms with Gasteiger partial charge in [-0.3, -0.25) is 4.90 Å². The summed E-state index contributed by atoms with van der Waals surface area (Å²) >= 11 is 0. The topological polar surface area (TPSA) is 29.3 Å². The van der Waals surface area contributed by atoms with Gasteiger partial charge >= 0.3 is 0 Å². The van der Waals surface area contributed by atoms with E-state index in [4.69, 9.17) is 5.73 Å². The molecule has 0 saturated carbocycles. The minimum atomic E-state index is 0.221. The van der Waals surface area contributed by atoms with E-state index < -0.39 is 0 Å². The molecular weight excluding hydrogens is 196 g/mol. The molecule has 16 heavy (non-hydrogen) atoms. The van der Waals surface area contributed by atoms with Gasteiger partial charge in [-0.2, -0.15) is 0 Å². The Morgan fingerprint density at radius 3 is 2.62 bits per heavy atom. The molecule has 0 saturated heterocycles. The van der Waals surface area contributed by atoms with Crippen LogP contribution in [0.1, 0.15) is 18.9 Å². The first-order chi connectivity index (χ1) is 7.75. The molecule has 0 fully saturated rings. The first-order valence-corrected chi connectivity index (χ1v) is 5.96. The summed E-state index contributed by atoms with van der Waals surface area (Å²) in [5.74, 6) is 0. The van der Waals surface area contributed by atoms with Crippen molar-refractivity contribution < 1.29 is 0 Å². The van der Waals surface area contributed by atoms with Gasteiger partial charge in [-0.25, -0.2) is 0 Å². The van der Waals surface area contributed by atoms with Crippen molar-refractivity contribution in [1.82, 2.24) is 4.90 Å². The van der Waals surface area contributed by atoms with Crippen LogP contribution in [0.2, 0.25) is 0 Å². The van der Waals surface area contributed by atoms with Crippen LogP contribution in [-0.2, 0) is 6.54 Å². The van der Waals surface area contributed by atoms with Crippen LogP contribution in [0.3, 0.4) is 0 Å². The Labute approximate surface area is 97.8 Å². The van der Waals surface area contributed by atoms with Crippen molar-refractivity contribution in [1.29, 1.82) is 0 Å². The van der Waals surface area contributed by atoms with E-state index in [-0.39, 0.29) is 6.04 Å². The maximum absolute atomic E-state index is 5.88. The SMILES string of the molecule is CC(N)C1=CCN(Cc2ccccc2)CC1. The number of rotatable bonds is 3. The quantitative estimate of drug-likeness (QED) is 0.785. The second-order valence-electron chi connectivity index (χ2n) is 4.54. The van der Waals surface area contributed by atoms with Crippen molar-refractivity contribution in [2.45, 2.75) is 25.9 Å². The molecule has 1 aliphatic heterocycles. The molecule has 0 amide bonds. The summed E-state index contributed by atoms with van der Waals surface area (Å²) in [4.78, 5) is 2.46. The number of benzene rings is 1. The molecule has 1 atom stereocenters. The van der Waals surface area contributed by atoms with Crippen LogP contribution in [0.4, 0.5) is 0 Å². The van der Waals surface area contributed by atoms with Crippen LogP contribution in [0.25, 0.3) is 0 Å². The Morgan fingerprint density at radius 2 is 2.06 bits per heavy atom. The molecule has 0 aliphatic carbocycles. The van der Waals surface area contributed by atoms with Crippen molar-refractivity contribution in [2.75, 3.05) is 13.1 Å². The molecule has 1 aromatic rings. The van der Waals surface area contributed by atoms with Gasteiger partial charge in [-0.1, -0.05) is 42.0 Å². The summed E-state index contributed by atoms with van der Waals surface area (Å²) in [5.41, 5.74) is 8.67. The lowest BCUT2D eigenvalue weighted by Crippen LogP contribution is -2.32. The monoisotopic (exact) mass is 216 g/mol. The molecule has 0 radical (unpaired) electrons. The molecule has 1 aromatic carbocycles. The first-order valence-electron chi connectivity index (χ1n) is 5.96. The smallest absolute Gasteiger partial charge is 0.0237 e. The molecule has 2 N–H and O–H groups in total. The largest absolute Gasteiger partial charge is 0.324 e. The van der Waals surface area contributed by atoms with Gasteiger partial charge in [0.25, 0.3) is 0 Å². The van der Waals surface area contributed by atoms with E-state index in [2.05, 4.69) is 48.2 Å². The molecule has 2 nitrogen and oxygen atoms in total. The Bertz CT molecular complexity index is 354. The fourth-order valence-corrected chi connectivity index (χ4v) is 2.13. The maximum Gasteiger partial charge on any atom is 0.0237 e. The van der Waals surface area contributed by atoms with Gasteiger partial charge in [0.2, 0.25) is 0 Å². The lowest BCUT2D eigenvalue weighted by atomic mass is 10.0. The lowest BCUT2D eigenvalue weighted by Gasteiger charge is -2.27. The number of nitrogens with zero attached hydrogens (tertiary/aromatic N) is 1. The highest BCUT2D eigenvalue weighted by atomic mass is 15.1. The maximum atomic E-state index is 5.88. The average Bonchev–Trinajstić information content (AvgIpc) is 2.31. The van der Waals surface area contributed by atoms with Crippen LogP contribution in [-0.4, -0.2) is 24.0 Å². The van der Waals surface area contributed by atoms with E-state index in [0.717, 1.165) is 26.1 Å². The predicted molar refractivity (Wildman–Crippen MR) is 68.1 cm³/mol. The van der Waals surface area contributed by atoms with Crippen LogP contribution < -0.4 is 5.73 Å². The van der Waals surface area contributed by atoms with Crippen molar-refractivity contribution in [3.05, 3.63) is 47.5 Å². The molecule has 2 heteroatoms. The second kappa shape index (κ2) is 5.28. The van der Waals surface area contributed by atoms with E-state index >= 15 is 0 Å². The van der Waals surface area contributed by atoms with Crippen molar-refractivity contribution >= 4 is 0 Å². The highest BCUT2D eigenvalue weighted by Crippen LogP contribution is 2.15. The van der Waals surface area contributed by atoms with Crippen molar-refractivity contribution in [3.8, 4) is 0 Å². The summed E-state index contributed by atoms with van der Waals surface area (Å²) in [7, 11) is 0. The zero-order valence-electron chi connectivity index (χ0n) is 9.89. The molecular formula is C14H20N2. The van der Waals surface area contributed by atoms with Crippen molar-refractivity contribution in [2.24, 2.45) is 5.73 Å². The van der Waals surface area contributed by atoms with Gasteiger partial charge in [0.15, 0.2) is 0 Å². The van der Waals surface area contributed by atoms with Gasteiger partial charge in [0.1, 0.15) is 0 Å². The van der Waals surface area contributed by atoms with Gasteiger partial charge in [-0.15, -0.1) is 0 Å². The average molecular weight is 216 g/mol. The summed E-state index contributed by atoms with van der Waals surface area (Å²) in [6.07, 6.45) is 3.40. The third-order valence-corrected chi connectivity index (χ3v) is 3.16. The molecule has 0 aromatic heterocycles. The fraction of sp³-hybridized carbons (Fsp3) is 0.429. The van der Waals surface area contributed by atoms with Crippen LogP contribution >= 0.6 is 0 Å².